The Morgan fingerprint density at radius 3 is 2.50 bits per heavy atom. The smallest absolute Gasteiger partial charge is 0.314 e. The van der Waals surface area contributed by atoms with E-state index in [1.54, 1.807) is 0 Å². The maximum Gasteiger partial charge on any atom is 0.314 e. The summed E-state index contributed by atoms with van der Waals surface area (Å²) in [6.45, 7) is 5.37. The quantitative estimate of drug-likeness (QED) is 0.922. The maximum absolute atomic E-state index is 11.8. The summed E-state index contributed by atoms with van der Waals surface area (Å²) in [6.07, 6.45) is 1.42. The molecule has 1 aliphatic carbocycles. The van der Waals surface area contributed by atoms with E-state index in [1.165, 1.54) is 0 Å². The van der Waals surface area contributed by atoms with E-state index in [-0.39, 0.29) is 0 Å². The Hall–Kier alpha value is -1.71. The fourth-order valence-corrected chi connectivity index (χ4v) is 3.18. The molecule has 1 aromatic carbocycles. The fourth-order valence-electron chi connectivity index (χ4n) is 3.18. The molecule has 0 saturated heterocycles. The number of hydrogen-bond acceptors (Lipinski definition) is 3. The monoisotopic (exact) mass is 276 g/mol. The van der Waals surface area contributed by atoms with Crippen molar-refractivity contribution in [2.45, 2.75) is 32.1 Å². The molecule has 0 aromatic heterocycles. The van der Waals surface area contributed by atoms with E-state index in [0.29, 0.717) is 49.4 Å². The number of ether oxygens (including phenoxy) is 2. The van der Waals surface area contributed by atoms with Crippen molar-refractivity contribution >= 4 is 5.97 Å². The summed E-state index contributed by atoms with van der Waals surface area (Å²) in [6, 6.07) is 5.55. The van der Waals surface area contributed by atoms with Gasteiger partial charge in [-0.2, -0.15) is 0 Å². The first-order valence-corrected chi connectivity index (χ1v) is 7.16. The van der Waals surface area contributed by atoms with Crippen molar-refractivity contribution in [1.82, 2.24) is 0 Å². The van der Waals surface area contributed by atoms with Crippen LogP contribution in [0.2, 0.25) is 0 Å². The van der Waals surface area contributed by atoms with E-state index in [2.05, 4.69) is 13.8 Å². The summed E-state index contributed by atoms with van der Waals surface area (Å²) in [7, 11) is 0. The molecular formula is C16H20O4. The van der Waals surface area contributed by atoms with Crippen LogP contribution in [0.5, 0.6) is 11.5 Å². The Kier molecular flexibility index (Phi) is 3.11. The number of carboxylic acid groups (broad SMARTS) is 1. The third kappa shape index (κ3) is 1.94. The molecule has 2 aliphatic rings. The van der Waals surface area contributed by atoms with E-state index in [1.807, 2.05) is 18.2 Å². The minimum Gasteiger partial charge on any atom is -0.486 e. The predicted molar refractivity (Wildman–Crippen MR) is 74.3 cm³/mol. The van der Waals surface area contributed by atoms with Crippen LogP contribution < -0.4 is 9.47 Å². The van der Waals surface area contributed by atoms with E-state index in [9.17, 15) is 9.90 Å². The topological polar surface area (TPSA) is 55.8 Å². The summed E-state index contributed by atoms with van der Waals surface area (Å²) in [5, 5.41) is 9.67. The Labute approximate surface area is 118 Å². The highest BCUT2D eigenvalue weighted by molar-refractivity contribution is 5.83. The number of fused-ring (bicyclic) bond motifs is 1. The van der Waals surface area contributed by atoms with E-state index in [4.69, 9.17) is 9.47 Å². The van der Waals surface area contributed by atoms with Crippen molar-refractivity contribution in [3.63, 3.8) is 0 Å². The number of rotatable bonds is 3. The van der Waals surface area contributed by atoms with Gasteiger partial charge in [0.15, 0.2) is 11.5 Å². The molecule has 1 heterocycles. The third-order valence-electron chi connectivity index (χ3n) is 4.67. The molecule has 0 spiro atoms. The second-order valence-electron chi connectivity index (χ2n) is 6.16. The lowest BCUT2D eigenvalue weighted by Crippen LogP contribution is -2.49. The lowest BCUT2D eigenvalue weighted by molar-refractivity contribution is -0.150. The summed E-state index contributed by atoms with van der Waals surface area (Å²) >= 11 is 0. The molecule has 0 bridgehead atoms. The highest BCUT2D eigenvalue weighted by atomic mass is 16.6. The maximum atomic E-state index is 11.8. The first kappa shape index (κ1) is 13.3. The van der Waals surface area contributed by atoms with Crippen molar-refractivity contribution in [2.24, 2.45) is 11.8 Å². The normalized spacial score (nSPS) is 28.1. The molecule has 1 N–H and O–H groups in total. The van der Waals surface area contributed by atoms with Gasteiger partial charge in [-0.25, -0.2) is 0 Å². The highest BCUT2D eigenvalue weighted by Crippen LogP contribution is 2.52. The molecule has 0 radical (unpaired) electrons. The second kappa shape index (κ2) is 4.69. The van der Waals surface area contributed by atoms with Gasteiger partial charge in [0, 0.05) is 0 Å². The lowest BCUT2D eigenvalue weighted by atomic mass is 9.56. The zero-order valence-corrected chi connectivity index (χ0v) is 11.9. The van der Waals surface area contributed by atoms with Gasteiger partial charge in [0.2, 0.25) is 0 Å². The first-order chi connectivity index (χ1) is 9.53. The molecule has 3 rings (SSSR count). The molecule has 20 heavy (non-hydrogen) atoms. The molecular weight excluding hydrogens is 256 g/mol. The van der Waals surface area contributed by atoms with E-state index < -0.39 is 11.4 Å². The van der Waals surface area contributed by atoms with Gasteiger partial charge in [-0.1, -0.05) is 19.9 Å². The molecule has 108 valence electrons. The third-order valence-corrected chi connectivity index (χ3v) is 4.67. The minimum atomic E-state index is -0.745. The van der Waals surface area contributed by atoms with Crippen LogP contribution >= 0.6 is 0 Å². The Morgan fingerprint density at radius 2 is 1.90 bits per heavy atom. The number of benzene rings is 1. The van der Waals surface area contributed by atoms with Gasteiger partial charge in [0.05, 0.1) is 5.41 Å². The van der Waals surface area contributed by atoms with Crippen LogP contribution in [0.15, 0.2) is 18.2 Å². The van der Waals surface area contributed by atoms with Crippen LogP contribution in [0.3, 0.4) is 0 Å². The second-order valence-corrected chi connectivity index (χ2v) is 6.16. The van der Waals surface area contributed by atoms with Gasteiger partial charge in [-0.3, -0.25) is 4.79 Å². The summed E-state index contributed by atoms with van der Waals surface area (Å²) in [4.78, 5) is 11.8. The average Bonchev–Trinajstić information content (AvgIpc) is 2.36. The van der Waals surface area contributed by atoms with Crippen molar-refractivity contribution in [3.8, 4) is 11.5 Å². The number of aliphatic carboxylic acids is 1. The Morgan fingerprint density at radius 1 is 1.25 bits per heavy atom. The van der Waals surface area contributed by atoms with E-state index >= 15 is 0 Å². The van der Waals surface area contributed by atoms with Crippen LogP contribution in [0.1, 0.15) is 32.3 Å². The predicted octanol–water partition coefficient (Wildman–Crippen LogP) is 2.85. The van der Waals surface area contributed by atoms with Crippen LogP contribution in [0.4, 0.5) is 0 Å². The van der Waals surface area contributed by atoms with E-state index in [0.717, 1.165) is 5.56 Å². The Balaban J connectivity index is 1.92. The molecule has 0 atom stereocenters. The molecule has 4 nitrogen and oxygen atoms in total. The van der Waals surface area contributed by atoms with Gasteiger partial charge >= 0.3 is 5.97 Å². The van der Waals surface area contributed by atoms with Crippen molar-refractivity contribution in [3.05, 3.63) is 23.8 Å². The largest absolute Gasteiger partial charge is 0.486 e. The summed E-state index contributed by atoms with van der Waals surface area (Å²) in [5.74, 6) is 1.66. The molecule has 1 aromatic rings. The summed E-state index contributed by atoms with van der Waals surface area (Å²) < 4.78 is 11.1. The van der Waals surface area contributed by atoms with Crippen molar-refractivity contribution in [1.29, 1.82) is 0 Å². The molecule has 0 unspecified atom stereocenters. The molecule has 1 fully saturated rings. The number of hydrogen-bond donors (Lipinski definition) is 1. The average molecular weight is 276 g/mol. The standard InChI is InChI=1S/C16H20O4/c1-10(2)11-8-16(9-11,15(17)18)12-3-4-13-14(7-12)20-6-5-19-13/h3-4,7,10-11H,5-6,8-9H2,1-2H3,(H,17,18). The molecule has 0 amide bonds. The SMILES string of the molecule is CC(C)C1CC(C(=O)O)(c2ccc3c(c2)OCCO3)C1. The number of carboxylic acids is 1. The van der Waals surface area contributed by atoms with Crippen LogP contribution in [-0.4, -0.2) is 24.3 Å². The van der Waals surface area contributed by atoms with Crippen LogP contribution in [0, 0.1) is 11.8 Å². The fraction of sp³-hybridized carbons (Fsp3) is 0.562. The van der Waals surface area contributed by atoms with Crippen molar-refractivity contribution < 1.29 is 19.4 Å². The van der Waals surface area contributed by atoms with Gasteiger partial charge in [-0.15, -0.1) is 0 Å². The lowest BCUT2D eigenvalue weighted by Gasteiger charge is -2.47. The molecule has 1 saturated carbocycles. The van der Waals surface area contributed by atoms with Gasteiger partial charge in [0.1, 0.15) is 13.2 Å². The van der Waals surface area contributed by atoms with Gasteiger partial charge < -0.3 is 14.6 Å². The van der Waals surface area contributed by atoms with Gasteiger partial charge in [0.25, 0.3) is 0 Å². The first-order valence-electron chi connectivity index (χ1n) is 7.16. The van der Waals surface area contributed by atoms with Crippen LogP contribution in [-0.2, 0) is 10.2 Å². The zero-order valence-electron chi connectivity index (χ0n) is 11.9. The Bertz CT molecular complexity index is 529. The minimum absolute atomic E-state index is 0.485. The number of carbonyl (C=O) groups is 1. The van der Waals surface area contributed by atoms with Crippen LogP contribution in [0.25, 0.3) is 0 Å². The van der Waals surface area contributed by atoms with Crippen molar-refractivity contribution in [2.75, 3.05) is 13.2 Å². The summed E-state index contributed by atoms with van der Waals surface area (Å²) in [5.41, 5.74) is 0.0938. The highest BCUT2D eigenvalue weighted by Gasteiger charge is 2.52. The van der Waals surface area contributed by atoms with Gasteiger partial charge in [-0.05, 0) is 42.4 Å². The molecule has 4 heteroatoms. The molecule has 1 aliphatic heterocycles. The zero-order chi connectivity index (χ0) is 14.3.